The molecule has 0 saturated carbocycles. The van der Waals surface area contributed by atoms with Crippen LogP contribution in [0.2, 0.25) is 0 Å². The number of allylic oxidation sites excluding steroid dienone is 1. The monoisotopic (exact) mass is 369 g/mol. The average molecular weight is 370 g/mol. The van der Waals surface area contributed by atoms with E-state index in [1.807, 2.05) is 13.0 Å². The Labute approximate surface area is 162 Å². The Morgan fingerprint density at radius 3 is 2.93 bits per heavy atom. The fourth-order valence-corrected chi connectivity index (χ4v) is 4.21. The molecule has 0 aliphatic carbocycles. The van der Waals surface area contributed by atoms with E-state index in [2.05, 4.69) is 41.3 Å². The zero-order valence-electron chi connectivity index (χ0n) is 16.2. The lowest BCUT2D eigenvalue weighted by Gasteiger charge is -2.36. The highest BCUT2D eigenvalue weighted by molar-refractivity contribution is 5.80. The summed E-state index contributed by atoms with van der Waals surface area (Å²) >= 11 is 0. The van der Waals surface area contributed by atoms with Crippen molar-refractivity contribution in [2.24, 2.45) is 10.7 Å². The van der Waals surface area contributed by atoms with Gasteiger partial charge in [-0.05, 0) is 51.0 Å². The predicted molar refractivity (Wildman–Crippen MR) is 108 cm³/mol. The Morgan fingerprint density at radius 1 is 1.33 bits per heavy atom. The molecule has 146 valence electrons. The number of hydrogen-bond acceptors (Lipinski definition) is 5. The third kappa shape index (κ3) is 5.34. The Hall–Kier alpha value is -2.30. The zero-order chi connectivity index (χ0) is 19.1. The molecule has 1 aromatic carbocycles. The second kappa shape index (κ2) is 9.58. The highest BCUT2D eigenvalue weighted by Crippen LogP contribution is 2.33. The van der Waals surface area contributed by atoms with Crippen molar-refractivity contribution in [3.63, 3.8) is 0 Å². The molecule has 1 saturated heterocycles. The average Bonchev–Trinajstić information content (AvgIpc) is 3.08. The van der Waals surface area contributed by atoms with Gasteiger partial charge in [0.15, 0.2) is 5.96 Å². The Kier molecular flexibility index (Phi) is 6.91. The van der Waals surface area contributed by atoms with Crippen LogP contribution < -0.4 is 5.73 Å². The molecular weight excluding hydrogens is 338 g/mol. The lowest BCUT2D eigenvalue weighted by molar-refractivity contribution is -0.143. The Morgan fingerprint density at radius 2 is 2.15 bits per heavy atom. The molecular formula is C22H31N3O2. The molecule has 3 atom stereocenters. The summed E-state index contributed by atoms with van der Waals surface area (Å²) in [4.78, 5) is 18.4. The SMILES string of the molecule is CCOC(=O)CC/C=C/[C@H]1C[C@H]2CC[C@H](CCc3ccccc3)N2C(N)=N1. The minimum atomic E-state index is -0.142. The van der Waals surface area contributed by atoms with Crippen LogP contribution in [-0.2, 0) is 16.0 Å². The van der Waals surface area contributed by atoms with E-state index < -0.39 is 0 Å². The molecule has 0 radical (unpaired) electrons. The number of carbonyl (C=O) groups is 1. The summed E-state index contributed by atoms with van der Waals surface area (Å²) in [7, 11) is 0. The largest absolute Gasteiger partial charge is 0.466 e. The lowest BCUT2D eigenvalue weighted by Crippen LogP contribution is -2.50. The molecule has 2 aliphatic rings. The summed E-state index contributed by atoms with van der Waals surface area (Å²) in [5, 5.41) is 0. The minimum Gasteiger partial charge on any atom is -0.466 e. The number of rotatable bonds is 8. The van der Waals surface area contributed by atoms with Crippen molar-refractivity contribution in [2.75, 3.05) is 6.61 Å². The number of nitrogens with two attached hydrogens (primary N) is 1. The summed E-state index contributed by atoms with van der Waals surface area (Å²) in [5.74, 6) is 0.541. The van der Waals surface area contributed by atoms with Crippen molar-refractivity contribution in [2.45, 2.75) is 70.0 Å². The predicted octanol–water partition coefficient (Wildman–Crippen LogP) is 3.44. The maximum absolute atomic E-state index is 11.4. The van der Waals surface area contributed by atoms with E-state index in [1.54, 1.807) is 0 Å². The van der Waals surface area contributed by atoms with E-state index in [0.717, 1.165) is 19.3 Å². The van der Waals surface area contributed by atoms with Gasteiger partial charge in [0.05, 0.1) is 12.6 Å². The minimum absolute atomic E-state index is 0.126. The molecule has 0 spiro atoms. The van der Waals surface area contributed by atoms with Gasteiger partial charge in [-0.25, -0.2) is 4.99 Å². The number of aliphatic imine (C=N–C) groups is 1. The molecule has 0 bridgehead atoms. The van der Waals surface area contributed by atoms with Gasteiger partial charge in [0.2, 0.25) is 0 Å². The van der Waals surface area contributed by atoms with Gasteiger partial charge in [-0.15, -0.1) is 0 Å². The molecule has 2 N–H and O–H groups in total. The molecule has 2 heterocycles. The van der Waals surface area contributed by atoms with Crippen LogP contribution in [0.5, 0.6) is 0 Å². The molecule has 3 rings (SSSR count). The van der Waals surface area contributed by atoms with Crippen molar-refractivity contribution in [1.82, 2.24) is 4.90 Å². The highest BCUT2D eigenvalue weighted by atomic mass is 16.5. The van der Waals surface area contributed by atoms with Gasteiger partial charge in [-0.3, -0.25) is 4.79 Å². The molecule has 2 aliphatic heterocycles. The molecule has 0 unspecified atom stereocenters. The maximum Gasteiger partial charge on any atom is 0.306 e. The van der Waals surface area contributed by atoms with Crippen molar-refractivity contribution >= 4 is 11.9 Å². The number of hydrogen-bond donors (Lipinski definition) is 1. The summed E-state index contributed by atoms with van der Waals surface area (Å²) in [6.07, 6.45) is 10.8. The summed E-state index contributed by atoms with van der Waals surface area (Å²) in [5.41, 5.74) is 7.71. The third-order valence-corrected chi connectivity index (χ3v) is 5.48. The number of guanidine groups is 1. The van der Waals surface area contributed by atoms with E-state index in [9.17, 15) is 4.79 Å². The van der Waals surface area contributed by atoms with Gasteiger partial charge < -0.3 is 15.4 Å². The van der Waals surface area contributed by atoms with Crippen molar-refractivity contribution in [3.8, 4) is 0 Å². The summed E-state index contributed by atoms with van der Waals surface area (Å²) in [6, 6.07) is 11.8. The first kappa shape index (κ1) is 19.5. The normalized spacial score (nSPS) is 24.7. The fourth-order valence-electron chi connectivity index (χ4n) is 4.21. The Balaban J connectivity index is 1.51. The molecule has 0 aromatic heterocycles. The number of carbonyl (C=O) groups excluding carboxylic acids is 1. The highest BCUT2D eigenvalue weighted by Gasteiger charge is 2.38. The van der Waals surface area contributed by atoms with Crippen LogP contribution in [0.15, 0.2) is 47.5 Å². The van der Waals surface area contributed by atoms with Crippen LogP contribution in [0.4, 0.5) is 0 Å². The topological polar surface area (TPSA) is 67.9 Å². The summed E-state index contributed by atoms with van der Waals surface area (Å²) < 4.78 is 4.95. The smallest absolute Gasteiger partial charge is 0.306 e. The number of esters is 1. The molecule has 5 nitrogen and oxygen atoms in total. The first-order valence-electron chi connectivity index (χ1n) is 10.1. The zero-order valence-corrected chi connectivity index (χ0v) is 16.2. The molecule has 1 aromatic rings. The van der Waals surface area contributed by atoms with Gasteiger partial charge in [-0.2, -0.15) is 0 Å². The van der Waals surface area contributed by atoms with E-state index in [-0.39, 0.29) is 12.0 Å². The number of nitrogens with zero attached hydrogens (tertiary/aromatic N) is 2. The molecule has 27 heavy (non-hydrogen) atoms. The van der Waals surface area contributed by atoms with Crippen LogP contribution in [0.3, 0.4) is 0 Å². The van der Waals surface area contributed by atoms with Gasteiger partial charge in [0, 0.05) is 18.5 Å². The van der Waals surface area contributed by atoms with Crippen LogP contribution in [0.1, 0.15) is 51.0 Å². The second-order valence-electron chi connectivity index (χ2n) is 7.38. The summed E-state index contributed by atoms with van der Waals surface area (Å²) in [6.45, 7) is 2.27. The van der Waals surface area contributed by atoms with Gasteiger partial charge in [0.1, 0.15) is 0 Å². The molecule has 0 amide bonds. The van der Waals surface area contributed by atoms with Crippen molar-refractivity contribution in [3.05, 3.63) is 48.0 Å². The van der Waals surface area contributed by atoms with E-state index >= 15 is 0 Å². The first-order chi connectivity index (χ1) is 13.2. The van der Waals surface area contributed by atoms with Crippen LogP contribution >= 0.6 is 0 Å². The van der Waals surface area contributed by atoms with Gasteiger partial charge >= 0.3 is 5.97 Å². The number of benzene rings is 1. The number of ether oxygens (including phenoxy) is 1. The number of fused-ring (bicyclic) bond motifs is 1. The van der Waals surface area contributed by atoms with E-state index in [4.69, 9.17) is 15.5 Å². The van der Waals surface area contributed by atoms with E-state index in [0.29, 0.717) is 37.5 Å². The van der Waals surface area contributed by atoms with Crippen LogP contribution in [0, 0.1) is 0 Å². The van der Waals surface area contributed by atoms with Crippen LogP contribution in [-0.4, -0.2) is 41.6 Å². The van der Waals surface area contributed by atoms with Crippen molar-refractivity contribution < 1.29 is 9.53 Å². The Bertz CT molecular complexity index is 671. The van der Waals surface area contributed by atoms with E-state index in [1.165, 1.54) is 18.4 Å². The first-order valence-corrected chi connectivity index (χ1v) is 10.1. The third-order valence-electron chi connectivity index (χ3n) is 5.48. The van der Waals surface area contributed by atoms with Crippen molar-refractivity contribution in [1.29, 1.82) is 0 Å². The van der Waals surface area contributed by atoms with Gasteiger partial charge in [-0.1, -0.05) is 42.5 Å². The molecule has 5 heteroatoms. The van der Waals surface area contributed by atoms with Gasteiger partial charge in [0.25, 0.3) is 0 Å². The number of aryl methyl sites for hydroxylation is 1. The standard InChI is InChI=1S/C22H31N3O2/c1-2-27-21(26)11-7-6-10-18-16-20-15-14-19(25(20)22(23)24-18)13-12-17-8-4-3-5-9-17/h3-6,8-10,18-20H,2,7,11-16H2,1H3,(H2,23,24)/b10-6+/t18-,19-,20+/m0/s1. The molecule has 1 fully saturated rings. The van der Waals surface area contributed by atoms with Crippen LogP contribution in [0.25, 0.3) is 0 Å². The maximum atomic E-state index is 11.4. The quantitative estimate of drug-likeness (QED) is 0.563. The lowest BCUT2D eigenvalue weighted by atomic mass is 10.0. The second-order valence-corrected chi connectivity index (χ2v) is 7.38. The fraction of sp³-hybridized carbons (Fsp3) is 0.545.